The van der Waals surface area contributed by atoms with Gasteiger partial charge in [-0.15, -0.1) is 0 Å². The molecule has 0 amide bonds. The zero-order chi connectivity index (χ0) is 26.5. The molecule has 2 aromatic rings. The summed E-state index contributed by atoms with van der Waals surface area (Å²) in [6, 6.07) is 2.23. The molecule has 1 spiro atoms. The quantitative estimate of drug-likeness (QED) is 0.546. The maximum absolute atomic E-state index is 14.7. The maximum Gasteiger partial charge on any atom is 0.338 e. The van der Waals surface area contributed by atoms with Gasteiger partial charge in [-0.25, -0.2) is 22.9 Å². The number of nitrogens with one attached hydrogen (secondary N) is 1. The lowest BCUT2D eigenvalue weighted by Crippen LogP contribution is -2.43. The highest BCUT2D eigenvalue weighted by Gasteiger charge is 2.54. The van der Waals surface area contributed by atoms with Crippen molar-refractivity contribution in [3.05, 3.63) is 75.5 Å². The zero-order valence-corrected chi connectivity index (χ0v) is 20.4. The summed E-state index contributed by atoms with van der Waals surface area (Å²) in [5.74, 6) is -4.40. The minimum Gasteiger partial charge on any atom is -0.480 e. The van der Waals surface area contributed by atoms with Crippen LogP contribution in [0.25, 0.3) is 0 Å². The second-order valence-electron chi connectivity index (χ2n) is 9.50. The van der Waals surface area contributed by atoms with Crippen LogP contribution in [0.2, 0.25) is 5.02 Å². The first-order valence-corrected chi connectivity index (χ1v) is 11.9. The number of methoxy groups -OCH3 is 1. The molecule has 5 rings (SSSR count). The van der Waals surface area contributed by atoms with Gasteiger partial charge in [0.25, 0.3) is 0 Å². The number of hydrogen-bond acceptors (Lipinski definition) is 7. The number of hydrogen-bond donors (Lipinski definition) is 2. The largest absolute Gasteiger partial charge is 0.480 e. The number of esters is 1. The fraction of sp³-hybridized carbons (Fsp3) is 0.360. The van der Waals surface area contributed by atoms with Crippen molar-refractivity contribution in [3.8, 4) is 0 Å². The predicted octanol–water partition coefficient (Wildman–Crippen LogP) is 3.61. The van der Waals surface area contributed by atoms with Crippen LogP contribution in [0.1, 0.15) is 36.6 Å². The number of nitrogens with zero attached hydrogens (tertiary/aromatic N) is 3. The van der Waals surface area contributed by atoms with Crippen LogP contribution in [-0.2, 0) is 14.3 Å². The van der Waals surface area contributed by atoms with E-state index < -0.39 is 41.5 Å². The van der Waals surface area contributed by atoms with Crippen LogP contribution in [0, 0.1) is 22.9 Å². The Morgan fingerprint density at radius 1 is 1.24 bits per heavy atom. The van der Waals surface area contributed by atoms with Crippen molar-refractivity contribution in [2.45, 2.75) is 31.3 Å². The molecular weight excluding hydrogens is 513 g/mol. The van der Waals surface area contributed by atoms with Crippen LogP contribution in [0.3, 0.4) is 0 Å². The van der Waals surface area contributed by atoms with E-state index in [4.69, 9.17) is 16.3 Å². The number of carbonyl (C=O) groups is 2. The van der Waals surface area contributed by atoms with Crippen molar-refractivity contribution in [1.29, 1.82) is 0 Å². The Balaban J connectivity index is 1.64. The lowest BCUT2D eigenvalue weighted by molar-refractivity contribution is -0.142. The standard InChI is InChI=1S/C25H22ClF3N4O4/c1-37-24(36)19-17(10-33-11-25(4-5-25)8-18(33)23(34)35)31-22(21-16(29)7-13(28)9-30-21)32-20(19)14-3-2-12(27)6-15(14)26/h2-3,6-7,9,18,20H,4-5,8,10-11H2,1H3,(H,31,32)(H,34,35)/t18-,20?/m0/s1. The predicted molar refractivity (Wildman–Crippen MR) is 126 cm³/mol. The van der Waals surface area contributed by atoms with Crippen LogP contribution in [0.4, 0.5) is 13.2 Å². The summed E-state index contributed by atoms with van der Waals surface area (Å²) in [4.78, 5) is 35.1. The molecule has 1 aromatic heterocycles. The van der Waals surface area contributed by atoms with Crippen LogP contribution in [-0.4, -0.2) is 59.0 Å². The highest BCUT2D eigenvalue weighted by Crippen LogP contribution is 2.55. The molecule has 0 bridgehead atoms. The molecule has 2 N–H and O–H groups in total. The number of carbonyl (C=O) groups excluding carboxylic acids is 1. The van der Waals surface area contributed by atoms with Crippen LogP contribution in [0.5, 0.6) is 0 Å². The molecule has 0 radical (unpaired) electrons. The molecule has 37 heavy (non-hydrogen) atoms. The number of pyridine rings is 1. The van der Waals surface area contributed by atoms with E-state index in [2.05, 4.69) is 15.3 Å². The van der Waals surface area contributed by atoms with Gasteiger partial charge < -0.3 is 15.2 Å². The number of carboxylic acids is 1. The van der Waals surface area contributed by atoms with Gasteiger partial charge in [-0.3, -0.25) is 14.7 Å². The molecule has 1 saturated carbocycles. The normalized spacial score (nSPS) is 22.6. The van der Waals surface area contributed by atoms with Crippen LogP contribution >= 0.6 is 11.6 Å². The second kappa shape index (κ2) is 9.46. The number of likely N-dealkylation sites (tertiary alicyclic amines) is 1. The van der Waals surface area contributed by atoms with Gasteiger partial charge in [0.15, 0.2) is 11.7 Å². The number of benzene rings is 1. The minimum atomic E-state index is -1.17. The molecule has 8 nitrogen and oxygen atoms in total. The smallest absolute Gasteiger partial charge is 0.338 e. The number of halogens is 4. The van der Waals surface area contributed by atoms with Gasteiger partial charge in [-0.1, -0.05) is 17.7 Å². The number of aliphatic imine (C=N–C) groups is 1. The van der Waals surface area contributed by atoms with Crippen molar-refractivity contribution in [2.75, 3.05) is 20.2 Å². The molecule has 3 aliphatic rings. The minimum absolute atomic E-state index is 0.00293. The number of ether oxygens (including phenoxy) is 1. The Bertz CT molecular complexity index is 1360. The Morgan fingerprint density at radius 2 is 2.00 bits per heavy atom. The Labute approximate surface area is 214 Å². The molecule has 1 aromatic carbocycles. The van der Waals surface area contributed by atoms with Crippen molar-refractivity contribution in [1.82, 2.24) is 15.2 Å². The van der Waals surface area contributed by atoms with Gasteiger partial charge in [0, 0.05) is 35.4 Å². The summed E-state index contributed by atoms with van der Waals surface area (Å²) >= 11 is 6.32. The fourth-order valence-corrected chi connectivity index (χ4v) is 5.30. The third-order valence-electron chi connectivity index (χ3n) is 7.03. The van der Waals surface area contributed by atoms with Crippen molar-refractivity contribution < 1.29 is 32.6 Å². The Kier molecular flexibility index (Phi) is 6.45. The summed E-state index contributed by atoms with van der Waals surface area (Å²) in [7, 11) is 1.17. The molecule has 1 saturated heterocycles. The molecule has 12 heteroatoms. The summed E-state index contributed by atoms with van der Waals surface area (Å²) in [5.41, 5.74) is 0.0448. The second-order valence-corrected chi connectivity index (χ2v) is 9.91. The van der Waals surface area contributed by atoms with E-state index in [-0.39, 0.29) is 45.3 Å². The summed E-state index contributed by atoms with van der Waals surface area (Å²) in [6.45, 7) is 0.474. The molecule has 2 aliphatic heterocycles. The van der Waals surface area contributed by atoms with Crippen molar-refractivity contribution >= 4 is 29.4 Å². The first-order chi connectivity index (χ1) is 17.6. The topological polar surface area (TPSA) is 104 Å². The first-order valence-electron chi connectivity index (χ1n) is 11.5. The molecular formula is C25H22ClF3N4O4. The average Bonchev–Trinajstić information content (AvgIpc) is 3.49. The zero-order valence-electron chi connectivity index (χ0n) is 19.6. The van der Waals surface area contributed by atoms with E-state index in [1.165, 1.54) is 13.2 Å². The molecule has 1 aliphatic carbocycles. The van der Waals surface area contributed by atoms with Crippen LogP contribution in [0.15, 0.2) is 46.7 Å². The number of aromatic nitrogens is 1. The fourth-order valence-electron chi connectivity index (χ4n) is 5.02. The number of carboxylic acid groups (broad SMARTS) is 1. The summed E-state index contributed by atoms with van der Waals surface area (Å²) in [6.07, 6.45) is 3.12. The number of amidine groups is 1. The Hall–Kier alpha value is -3.44. The Morgan fingerprint density at radius 3 is 2.62 bits per heavy atom. The van der Waals surface area contributed by atoms with E-state index in [0.29, 0.717) is 19.0 Å². The van der Waals surface area contributed by atoms with Crippen molar-refractivity contribution in [3.63, 3.8) is 0 Å². The molecule has 3 heterocycles. The van der Waals surface area contributed by atoms with Gasteiger partial charge >= 0.3 is 11.9 Å². The molecule has 194 valence electrons. The van der Waals surface area contributed by atoms with Gasteiger partial charge in [0.2, 0.25) is 0 Å². The average molecular weight is 535 g/mol. The van der Waals surface area contributed by atoms with E-state index >= 15 is 0 Å². The van der Waals surface area contributed by atoms with E-state index in [9.17, 15) is 27.9 Å². The highest BCUT2D eigenvalue weighted by molar-refractivity contribution is 6.31. The third kappa shape index (κ3) is 4.80. The van der Waals surface area contributed by atoms with Gasteiger partial charge in [-0.2, -0.15) is 0 Å². The highest BCUT2D eigenvalue weighted by atomic mass is 35.5. The summed E-state index contributed by atoms with van der Waals surface area (Å²) < 4.78 is 47.1. The van der Waals surface area contributed by atoms with Gasteiger partial charge in [0.05, 0.1) is 18.9 Å². The number of rotatable bonds is 6. The van der Waals surface area contributed by atoms with E-state index in [0.717, 1.165) is 31.2 Å². The van der Waals surface area contributed by atoms with Gasteiger partial charge in [0.1, 0.15) is 29.4 Å². The van der Waals surface area contributed by atoms with Crippen LogP contribution < -0.4 is 5.32 Å². The van der Waals surface area contributed by atoms with Gasteiger partial charge in [-0.05, 0) is 36.8 Å². The molecule has 2 atom stereocenters. The third-order valence-corrected chi connectivity index (χ3v) is 7.36. The molecule has 1 unspecified atom stereocenters. The van der Waals surface area contributed by atoms with Crippen molar-refractivity contribution in [2.24, 2.45) is 10.4 Å². The summed E-state index contributed by atoms with van der Waals surface area (Å²) in [5, 5.41) is 12.7. The number of aliphatic carboxylic acids is 1. The first kappa shape index (κ1) is 25.2. The van der Waals surface area contributed by atoms with E-state index in [1.807, 2.05) is 0 Å². The lowest BCUT2D eigenvalue weighted by atomic mass is 9.94. The lowest BCUT2D eigenvalue weighted by Gasteiger charge is -2.31. The molecule has 2 fully saturated rings. The van der Waals surface area contributed by atoms with E-state index in [1.54, 1.807) is 4.90 Å². The maximum atomic E-state index is 14.7. The SMILES string of the molecule is COC(=O)C1=C(CN2CC3(CC3)C[C@H]2C(=O)O)NC(c2ncc(F)cc2F)=NC1c1ccc(F)cc1Cl. The monoisotopic (exact) mass is 534 g/mol.